The van der Waals surface area contributed by atoms with E-state index in [2.05, 4.69) is 50.1 Å². The highest BCUT2D eigenvalue weighted by molar-refractivity contribution is 6.10. The van der Waals surface area contributed by atoms with Crippen LogP contribution in [0.2, 0.25) is 0 Å². The summed E-state index contributed by atoms with van der Waals surface area (Å²) >= 11 is 0. The van der Waals surface area contributed by atoms with Crippen LogP contribution in [0.15, 0.2) is 85.5 Å². The van der Waals surface area contributed by atoms with Crippen LogP contribution < -0.4 is 19.6 Å². The summed E-state index contributed by atoms with van der Waals surface area (Å²) in [6.45, 7) is 8.49. The second-order valence-electron chi connectivity index (χ2n) is 13.2. The molecule has 0 unspecified atom stereocenters. The van der Waals surface area contributed by atoms with Gasteiger partial charge in [0.2, 0.25) is 17.7 Å². The van der Waals surface area contributed by atoms with Crippen LogP contribution in [0.4, 0.5) is 32.1 Å². The zero-order chi connectivity index (χ0) is 37.2. The van der Waals surface area contributed by atoms with E-state index in [0.29, 0.717) is 86.8 Å². The van der Waals surface area contributed by atoms with Crippen molar-refractivity contribution in [1.29, 1.82) is 0 Å². The van der Waals surface area contributed by atoms with Gasteiger partial charge in [0.25, 0.3) is 0 Å². The van der Waals surface area contributed by atoms with Crippen molar-refractivity contribution >= 4 is 29.1 Å². The van der Waals surface area contributed by atoms with Gasteiger partial charge in [0.05, 0.1) is 36.2 Å². The number of anilines is 4. The fourth-order valence-corrected chi connectivity index (χ4v) is 7.12. The van der Waals surface area contributed by atoms with Crippen LogP contribution in [0.5, 0.6) is 0 Å². The number of benzene rings is 2. The van der Waals surface area contributed by atoms with Gasteiger partial charge in [-0.15, -0.1) is 20.4 Å². The van der Waals surface area contributed by atoms with Crippen LogP contribution >= 0.6 is 0 Å². The summed E-state index contributed by atoms with van der Waals surface area (Å²) in [7, 11) is 0. The molecule has 2 aromatic carbocycles. The second-order valence-corrected chi connectivity index (χ2v) is 13.2. The number of aromatic nitrogens is 8. The monoisotopic (exact) mass is 726 g/mol. The van der Waals surface area contributed by atoms with Crippen LogP contribution in [-0.4, -0.2) is 98.5 Å². The van der Waals surface area contributed by atoms with Crippen LogP contribution in [0, 0.1) is 25.5 Å². The Morgan fingerprint density at radius 1 is 0.500 bits per heavy atom. The highest BCUT2D eigenvalue weighted by Gasteiger charge is 2.31. The van der Waals surface area contributed by atoms with Crippen molar-refractivity contribution in [2.24, 2.45) is 0 Å². The zero-order valence-corrected chi connectivity index (χ0v) is 29.8. The molecule has 2 fully saturated rings. The molecule has 4 aromatic heterocycles. The third-order valence-corrected chi connectivity index (χ3v) is 9.86. The fraction of sp³-hybridized carbons (Fsp3) is 0.256. The van der Waals surface area contributed by atoms with E-state index in [1.807, 2.05) is 84.3 Å². The van der Waals surface area contributed by atoms with E-state index in [1.54, 1.807) is 0 Å². The molecule has 2 saturated heterocycles. The minimum Gasteiger partial charge on any atom is -0.366 e. The van der Waals surface area contributed by atoms with Gasteiger partial charge in [0.15, 0.2) is 11.6 Å². The average Bonchev–Trinajstić information content (AvgIpc) is 3.22. The predicted molar refractivity (Wildman–Crippen MR) is 201 cm³/mol. The van der Waals surface area contributed by atoms with Gasteiger partial charge in [-0.25, -0.2) is 28.7 Å². The van der Waals surface area contributed by atoms with Gasteiger partial charge in [-0.3, -0.25) is 4.79 Å². The number of ketones is 1. The third kappa shape index (κ3) is 6.75. The molecule has 0 bridgehead atoms. The maximum Gasteiger partial charge on any atom is 0.234 e. The SMILES string of the molecule is Cc1c(C(=O)c2nnc(-c3ccccc3)c(N3CCN(c4ncc(F)cn4)CC3)c2C)nnc(-c2ccccc2)c1N1CCN(c2ncc(F)cn2)CC1. The predicted octanol–water partition coefficient (Wildman–Crippen LogP) is 4.96. The van der Waals surface area contributed by atoms with Gasteiger partial charge < -0.3 is 19.6 Å². The van der Waals surface area contributed by atoms with Crippen molar-refractivity contribution in [1.82, 2.24) is 40.3 Å². The Kier molecular flexibility index (Phi) is 9.51. The van der Waals surface area contributed by atoms with E-state index in [4.69, 9.17) is 0 Å². The lowest BCUT2D eigenvalue weighted by Crippen LogP contribution is -2.47. The summed E-state index contributed by atoms with van der Waals surface area (Å²) in [4.78, 5) is 39.7. The Hall–Kier alpha value is -6.51. The molecule has 0 N–H and O–H groups in total. The molecule has 2 aliphatic heterocycles. The average molecular weight is 727 g/mol. The molecule has 6 aromatic rings. The van der Waals surface area contributed by atoms with Gasteiger partial charge in [-0.2, -0.15) is 0 Å². The first kappa shape index (κ1) is 34.6. The van der Waals surface area contributed by atoms with E-state index >= 15 is 0 Å². The molecule has 0 amide bonds. The molecule has 6 heterocycles. The Morgan fingerprint density at radius 2 is 0.833 bits per heavy atom. The maximum atomic E-state index is 14.6. The largest absolute Gasteiger partial charge is 0.366 e. The van der Waals surface area contributed by atoms with Gasteiger partial charge in [0, 0.05) is 74.6 Å². The van der Waals surface area contributed by atoms with Crippen molar-refractivity contribution in [3.8, 4) is 22.5 Å². The summed E-state index contributed by atoms with van der Waals surface area (Å²) in [5.74, 6) is -0.408. The van der Waals surface area contributed by atoms with Crippen molar-refractivity contribution in [2.75, 3.05) is 72.0 Å². The highest BCUT2D eigenvalue weighted by atomic mass is 19.1. The number of nitrogens with zero attached hydrogens (tertiary/aromatic N) is 12. The molecule has 0 aliphatic carbocycles. The minimum absolute atomic E-state index is 0.197. The quantitative estimate of drug-likeness (QED) is 0.196. The fourth-order valence-electron chi connectivity index (χ4n) is 7.12. The molecule has 8 rings (SSSR count). The lowest BCUT2D eigenvalue weighted by molar-refractivity contribution is 0.102. The molecule has 15 heteroatoms. The van der Waals surface area contributed by atoms with Crippen molar-refractivity contribution in [3.63, 3.8) is 0 Å². The van der Waals surface area contributed by atoms with Gasteiger partial charge >= 0.3 is 0 Å². The second kappa shape index (κ2) is 14.8. The smallest absolute Gasteiger partial charge is 0.234 e. The van der Waals surface area contributed by atoms with Crippen molar-refractivity contribution < 1.29 is 13.6 Å². The van der Waals surface area contributed by atoms with Crippen LogP contribution in [0.25, 0.3) is 22.5 Å². The van der Waals surface area contributed by atoms with Crippen molar-refractivity contribution in [3.05, 3.63) is 120 Å². The molecule has 2 aliphatic rings. The maximum absolute atomic E-state index is 14.6. The molecular formula is C39H36F2N12O. The van der Waals surface area contributed by atoms with Crippen molar-refractivity contribution in [2.45, 2.75) is 13.8 Å². The van der Waals surface area contributed by atoms with E-state index < -0.39 is 11.6 Å². The summed E-state index contributed by atoms with van der Waals surface area (Å²) in [5, 5.41) is 18.5. The highest BCUT2D eigenvalue weighted by Crippen LogP contribution is 2.37. The lowest BCUT2D eigenvalue weighted by atomic mass is 9.98. The lowest BCUT2D eigenvalue weighted by Gasteiger charge is -2.37. The first-order chi connectivity index (χ1) is 26.4. The van der Waals surface area contributed by atoms with Gasteiger partial charge in [-0.05, 0) is 13.8 Å². The van der Waals surface area contributed by atoms with E-state index in [1.165, 1.54) is 24.8 Å². The molecule has 0 atom stereocenters. The Balaban J connectivity index is 1.14. The number of carbonyl (C=O) groups is 1. The molecule has 0 saturated carbocycles. The summed E-state index contributed by atoms with van der Waals surface area (Å²) in [5.41, 5.74) is 6.47. The summed E-state index contributed by atoms with van der Waals surface area (Å²) < 4.78 is 27.0. The van der Waals surface area contributed by atoms with Crippen LogP contribution in [0.3, 0.4) is 0 Å². The summed E-state index contributed by atoms with van der Waals surface area (Å²) in [6, 6.07) is 19.6. The molecular weight excluding hydrogens is 691 g/mol. The Bertz CT molecular complexity index is 2100. The molecule has 13 nitrogen and oxygen atoms in total. The number of carbonyl (C=O) groups excluding carboxylic acids is 1. The molecule has 54 heavy (non-hydrogen) atoms. The number of halogens is 2. The minimum atomic E-state index is -0.484. The molecule has 0 spiro atoms. The number of rotatable bonds is 8. The zero-order valence-electron chi connectivity index (χ0n) is 29.8. The van der Waals surface area contributed by atoms with Crippen LogP contribution in [0.1, 0.15) is 27.3 Å². The van der Waals surface area contributed by atoms with E-state index in [0.717, 1.165) is 22.5 Å². The van der Waals surface area contributed by atoms with Crippen LogP contribution in [-0.2, 0) is 0 Å². The Morgan fingerprint density at radius 3 is 1.19 bits per heavy atom. The number of hydrogen-bond acceptors (Lipinski definition) is 13. The van der Waals surface area contributed by atoms with E-state index in [-0.39, 0.29) is 17.2 Å². The third-order valence-electron chi connectivity index (χ3n) is 9.86. The van der Waals surface area contributed by atoms with Gasteiger partial charge in [0.1, 0.15) is 22.8 Å². The first-order valence-corrected chi connectivity index (χ1v) is 17.7. The first-order valence-electron chi connectivity index (χ1n) is 17.7. The normalized spacial score (nSPS) is 14.7. The molecule has 0 radical (unpaired) electrons. The van der Waals surface area contributed by atoms with E-state index in [9.17, 15) is 13.6 Å². The number of piperazine rings is 2. The molecule has 272 valence electrons. The number of hydrogen-bond donors (Lipinski definition) is 0. The Labute approximate surface area is 310 Å². The summed E-state index contributed by atoms with van der Waals surface area (Å²) in [6.07, 6.45) is 4.68. The van der Waals surface area contributed by atoms with Gasteiger partial charge in [-0.1, -0.05) is 60.7 Å². The topological polar surface area (TPSA) is 133 Å². The standard InChI is InChI=1S/C39H36F2N12O/c1-25-31(46-48-33(27-9-5-3-6-10-27)35(25)50-13-17-52(18-14-50)38-42-21-29(40)22-43-38)37(54)32-26(2)36(34(49-47-32)28-11-7-4-8-12-28)51-15-19-53(20-16-51)39-44-23-30(41)24-45-39/h3-12,21-24H,13-20H2,1-2H3.